The Labute approximate surface area is 152 Å². The van der Waals surface area contributed by atoms with Gasteiger partial charge in [0.05, 0.1) is 28.2 Å². The molecule has 2 aliphatic rings. The van der Waals surface area contributed by atoms with E-state index >= 15 is 0 Å². The van der Waals surface area contributed by atoms with Gasteiger partial charge in [-0.2, -0.15) is 0 Å². The van der Waals surface area contributed by atoms with Gasteiger partial charge in [-0.05, 0) is 13.0 Å². The average molecular weight is 375 g/mol. The number of para-hydroxylation sites is 1. The van der Waals surface area contributed by atoms with Gasteiger partial charge in [0.15, 0.2) is 0 Å². The SMILES string of the molecule is CC(=O)N1C(=O)/C(=C2/SC(=S)N([C@H](C)C(=O)[O-])C2=O)c2ccccc21. The van der Waals surface area contributed by atoms with Gasteiger partial charge in [0.2, 0.25) is 5.91 Å². The number of hydrogen-bond donors (Lipinski definition) is 0. The summed E-state index contributed by atoms with van der Waals surface area (Å²) in [6, 6.07) is 5.32. The third-order valence-electron chi connectivity index (χ3n) is 3.90. The first-order valence-corrected chi connectivity index (χ1v) is 8.43. The van der Waals surface area contributed by atoms with Gasteiger partial charge in [0, 0.05) is 12.5 Å². The Bertz CT molecular complexity index is 892. The molecule has 0 unspecified atom stereocenters. The predicted molar refractivity (Wildman–Crippen MR) is 93.0 cm³/mol. The Morgan fingerprint density at radius 1 is 1.20 bits per heavy atom. The number of fused-ring (bicyclic) bond motifs is 1. The Morgan fingerprint density at radius 3 is 2.44 bits per heavy atom. The van der Waals surface area contributed by atoms with Gasteiger partial charge in [-0.15, -0.1) is 0 Å². The fraction of sp³-hybridized carbons (Fsp3) is 0.188. The molecule has 1 fully saturated rings. The van der Waals surface area contributed by atoms with E-state index < -0.39 is 29.7 Å². The zero-order valence-electron chi connectivity index (χ0n) is 13.1. The van der Waals surface area contributed by atoms with E-state index in [2.05, 4.69) is 0 Å². The van der Waals surface area contributed by atoms with E-state index in [1.165, 1.54) is 13.8 Å². The first-order valence-electron chi connectivity index (χ1n) is 7.20. The zero-order chi connectivity index (χ0) is 18.5. The van der Waals surface area contributed by atoms with Crippen LogP contribution in [0.5, 0.6) is 0 Å². The molecule has 1 aromatic carbocycles. The van der Waals surface area contributed by atoms with Crippen molar-refractivity contribution in [2.45, 2.75) is 19.9 Å². The third kappa shape index (κ3) is 2.56. The Balaban J connectivity index is 2.17. The first-order chi connectivity index (χ1) is 11.8. The van der Waals surface area contributed by atoms with Crippen molar-refractivity contribution in [1.82, 2.24) is 4.90 Å². The van der Waals surface area contributed by atoms with Crippen molar-refractivity contribution >= 4 is 63.3 Å². The maximum atomic E-state index is 12.7. The second-order valence-electron chi connectivity index (χ2n) is 5.42. The van der Waals surface area contributed by atoms with E-state index in [0.29, 0.717) is 11.3 Å². The number of hydrogen-bond acceptors (Lipinski definition) is 7. The standard InChI is InChI=1S/C16H12N2O5S2/c1-7(15(22)23)17-14(21)12(25-16(17)24)11-9-5-3-4-6-10(9)18(8(2)19)13(11)20/h3-7H,1-2H3,(H,22,23)/p-1/b12-11+/t7-/m1/s1. The second kappa shape index (κ2) is 6.08. The lowest BCUT2D eigenvalue weighted by Crippen LogP contribution is -2.48. The van der Waals surface area contributed by atoms with Crippen LogP contribution in [0.2, 0.25) is 0 Å². The van der Waals surface area contributed by atoms with Crippen LogP contribution in [-0.2, 0) is 19.2 Å². The average Bonchev–Trinajstić information content (AvgIpc) is 2.99. The van der Waals surface area contributed by atoms with Crippen LogP contribution >= 0.6 is 24.0 Å². The number of thiocarbonyl (C=S) groups is 1. The molecule has 25 heavy (non-hydrogen) atoms. The molecule has 2 heterocycles. The van der Waals surface area contributed by atoms with Crippen molar-refractivity contribution in [1.29, 1.82) is 0 Å². The highest BCUT2D eigenvalue weighted by molar-refractivity contribution is 8.26. The molecule has 0 saturated carbocycles. The number of imide groups is 1. The second-order valence-corrected chi connectivity index (χ2v) is 7.06. The lowest BCUT2D eigenvalue weighted by atomic mass is 10.1. The Hall–Kier alpha value is -2.52. The lowest BCUT2D eigenvalue weighted by Gasteiger charge is -2.23. The number of carbonyl (C=O) groups excluding carboxylic acids is 4. The largest absolute Gasteiger partial charge is 0.548 e. The molecule has 128 valence electrons. The third-order valence-corrected chi connectivity index (χ3v) is 5.30. The maximum Gasteiger partial charge on any atom is 0.267 e. The molecule has 2 aliphatic heterocycles. The molecule has 1 saturated heterocycles. The van der Waals surface area contributed by atoms with Crippen LogP contribution in [0.25, 0.3) is 5.57 Å². The fourth-order valence-corrected chi connectivity index (χ4v) is 4.21. The van der Waals surface area contributed by atoms with Gasteiger partial charge >= 0.3 is 0 Å². The van der Waals surface area contributed by atoms with Gasteiger partial charge in [-0.25, -0.2) is 4.90 Å². The van der Waals surface area contributed by atoms with Gasteiger partial charge < -0.3 is 9.90 Å². The monoisotopic (exact) mass is 375 g/mol. The molecular weight excluding hydrogens is 364 g/mol. The molecule has 0 aliphatic carbocycles. The van der Waals surface area contributed by atoms with Gasteiger partial charge in [0.25, 0.3) is 11.8 Å². The van der Waals surface area contributed by atoms with Crippen molar-refractivity contribution in [3.63, 3.8) is 0 Å². The van der Waals surface area contributed by atoms with Crippen LogP contribution in [0.4, 0.5) is 5.69 Å². The van der Waals surface area contributed by atoms with E-state index in [0.717, 1.165) is 21.6 Å². The van der Waals surface area contributed by atoms with Crippen LogP contribution in [0.1, 0.15) is 19.4 Å². The topological polar surface area (TPSA) is 97.8 Å². The van der Waals surface area contributed by atoms with E-state index in [9.17, 15) is 24.3 Å². The number of thioether (sulfide) groups is 1. The molecule has 9 heteroatoms. The number of benzene rings is 1. The normalized spacial score (nSPS) is 21.0. The number of amides is 3. The van der Waals surface area contributed by atoms with E-state index in [4.69, 9.17) is 12.2 Å². The summed E-state index contributed by atoms with van der Waals surface area (Å²) < 4.78 is 0.0238. The molecule has 7 nitrogen and oxygen atoms in total. The summed E-state index contributed by atoms with van der Waals surface area (Å²) in [5, 5.41) is 11.1. The van der Waals surface area contributed by atoms with Crippen LogP contribution in [-0.4, -0.2) is 39.0 Å². The summed E-state index contributed by atoms with van der Waals surface area (Å²) in [5.74, 6) is -3.25. The number of carboxylic acid groups (broad SMARTS) is 1. The zero-order valence-corrected chi connectivity index (χ0v) is 14.8. The molecule has 3 amide bonds. The van der Waals surface area contributed by atoms with E-state index in [1.54, 1.807) is 24.3 Å². The molecule has 0 aromatic heterocycles. The molecule has 3 rings (SSSR count). The maximum absolute atomic E-state index is 12.7. The summed E-state index contributed by atoms with van der Waals surface area (Å²) in [7, 11) is 0. The van der Waals surface area contributed by atoms with Crippen LogP contribution in [0.3, 0.4) is 0 Å². The molecular formula is C16H11N2O5S2-. The highest BCUT2D eigenvalue weighted by Crippen LogP contribution is 2.44. The Kier molecular flexibility index (Phi) is 4.21. The molecule has 0 N–H and O–H groups in total. The van der Waals surface area contributed by atoms with Crippen LogP contribution in [0, 0.1) is 0 Å². The molecule has 1 aromatic rings. The van der Waals surface area contributed by atoms with E-state index in [-0.39, 0.29) is 14.8 Å². The minimum Gasteiger partial charge on any atom is -0.548 e. The van der Waals surface area contributed by atoms with Crippen molar-refractivity contribution in [2.24, 2.45) is 0 Å². The minimum atomic E-state index is -1.45. The molecule has 0 bridgehead atoms. The van der Waals surface area contributed by atoms with Gasteiger partial charge in [-0.1, -0.05) is 42.2 Å². The van der Waals surface area contributed by atoms with Crippen molar-refractivity contribution in [3.8, 4) is 0 Å². The van der Waals surface area contributed by atoms with E-state index in [1.807, 2.05) is 0 Å². The van der Waals surface area contributed by atoms with Crippen molar-refractivity contribution < 1.29 is 24.3 Å². The number of carboxylic acids is 1. The lowest BCUT2D eigenvalue weighted by molar-refractivity contribution is -0.309. The fourth-order valence-electron chi connectivity index (χ4n) is 2.72. The minimum absolute atomic E-state index is 0.0132. The predicted octanol–water partition coefficient (Wildman–Crippen LogP) is 0.289. The van der Waals surface area contributed by atoms with Crippen molar-refractivity contribution in [2.75, 3.05) is 4.90 Å². The summed E-state index contributed by atoms with van der Waals surface area (Å²) in [4.78, 5) is 50.3. The number of carbonyl (C=O) groups is 4. The molecule has 0 spiro atoms. The smallest absolute Gasteiger partial charge is 0.267 e. The summed E-state index contributed by atoms with van der Waals surface area (Å²) in [6.07, 6.45) is 0. The molecule has 1 atom stereocenters. The highest BCUT2D eigenvalue weighted by Gasteiger charge is 2.44. The number of rotatable bonds is 2. The number of anilines is 1. The van der Waals surface area contributed by atoms with Crippen LogP contribution < -0.4 is 10.0 Å². The number of nitrogens with zero attached hydrogens (tertiary/aromatic N) is 2. The molecule has 0 radical (unpaired) electrons. The van der Waals surface area contributed by atoms with Gasteiger partial charge in [-0.3, -0.25) is 19.3 Å². The summed E-state index contributed by atoms with van der Waals surface area (Å²) >= 11 is 5.94. The summed E-state index contributed by atoms with van der Waals surface area (Å²) in [6.45, 7) is 2.53. The number of aliphatic carboxylic acids is 1. The summed E-state index contributed by atoms with van der Waals surface area (Å²) in [5.41, 5.74) is 0.869. The Morgan fingerprint density at radius 2 is 1.84 bits per heavy atom. The van der Waals surface area contributed by atoms with Crippen LogP contribution in [0.15, 0.2) is 29.2 Å². The van der Waals surface area contributed by atoms with Gasteiger partial charge in [0.1, 0.15) is 4.32 Å². The van der Waals surface area contributed by atoms with Crippen molar-refractivity contribution in [3.05, 3.63) is 34.7 Å². The highest BCUT2D eigenvalue weighted by atomic mass is 32.2. The first kappa shape index (κ1) is 17.3. The quantitative estimate of drug-likeness (QED) is 0.541.